The van der Waals surface area contributed by atoms with Gasteiger partial charge in [-0.15, -0.1) is 0 Å². The number of likely N-dealkylation sites (tertiary alicyclic amines) is 1. The van der Waals surface area contributed by atoms with Crippen molar-refractivity contribution < 1.29 is 52.1 Å². The maximum Gasteiger partial charge on any atom is 0.407 e. The van der Waals surface area contributed by atoms with Crippen molar-refractivity contribution in [1.82, 2.24) is 30.8 Å². The molecular formula is C53H69F2N9O9Si. The predicted molar refractivity (Wildman–Crippen MR) is 279 cm³/mol. The number of carbonyl (C=O) groups excluding carboxylic acids is 4. The number of H-pyrrole nitrogens is 1. The molecule has 6 N–H and O–H groups in total. The number of hydrogen-bond acceptors (Lipinski definition) is 12. The van der Waals surface area contributed by atoms with E-state index in [-0.39, 0.29) is 23.4 Å². The second-order valence-corrected chi connectivity index (χ2v) is 26.0. The summed E-state index contributed by atoms with van der Waals surface area (Å²) < 4.78 is 48.8. The molecule has 18 nitrogen and oxygen atoms in total. The summed E-state index contributed by atoms with van der Waals surface area (Å²) >= 11 is 0. The maximum absolute atomic E-state index is 16.5. The molecule has 0 radical (unpaired) electrons. The van der Waals surface area contributed by atoms with Gasteiger partial charge in [0.2, 0.25) is 11.8 Å². The van der Waals surface area contributed by atoms with Crippen molar-refractivity contribution >= 4 is 54.9 Å². The van der Waals surface area contributed by atoms with Crippen LogP contribution in [0.2, 0.25) is 25.2 Å². The number of hydrogen-bond donors (Lipinski definition) is 6. The summed E-state index contributed by atoms with van der Waals surface area (Å²) in [5, 5.41) is 20.7. The zero-order valence-electron chi connectivity index (χ0n) is 43.2. The Morgan fingerprint density at radius 1 is 0.838 bits per heavy atom. The number of ether oxygens (including phenoxy) is 3. The number of Topliss-reactive ketones (excluding diaryl/α,β-unsaturated/α-hetero) is 1. The van der Waals surface area contributed by atoms with E-state index in [2.05, 4.69) is 44.2 Å². The first-order chi connectivity index (χ1) is 35.4. The fourth-order valence-electron chi connectivity index (χ4n) is 11.2. The zero-order valence-corrected chi connectivity index (χ0v) is 44.2. The van der Waals surface area contributed by atoms with E-state index < -0.39 is 73.7 Å². The van der Waals surface area contributed by atoms with Crippen LogP contribution in [-0.4, -0.2) is 142 Å². The first-order valence-electron chi connectivity index (χ1n) is 25.5. The van der Waals surface area contributed by atoms with E-state index in [1.54, 1.807) is 13.8 Å². The van der Waals surface area contributed by atoms with Crippen molar-refractivity contribution in [1.29, 1.82) is 0 Å². The molecule has 74 heavy (non-hydrogen) atoms. The van der Waals surface area contributed by atoms with Gasteiger partial charge in [0.15, 0.2) is 5.78 Å². The zero-order chi connectivity index (χ0) is 53.1. The number of rotatable bonds is 17. The molecule has 4 saturated heterocycles. The second kappa shape index (κ2) is 22.6. The number of imidazole rings is 1. The van der Waals surface area contributed by atoms with Crippen molar-refractivity contribution in [3.63, 3.8) is 0 Å². The Morgan fingerprint density at radius 3 is 2.15 bits per heavy atom. The third-order valence-corrected chi connectivity index (χ3v) is 18.8. The molecule has 4 fully saturated rings. The molecular weight excluding hydrogens is 973 g/mol. The minimum atomic E-state index is -1.44. The molecule has 5 heterocycles. The highest BCUT2D eigenvalue weighted by atomic mass is 28.3. The molecule has 0 aliphatic carbocycles. The highest BCUT2D eigenvalue weighted by Crippen LogP contribution is 2.45. The van der Waals surface area contributed by atoms with Gasteiger partial charge >= 0.3 is 12.2 Å². The molecule has 21 heteroatoms. The maximum atomic E-state index is 16.5. The van der Waals surface area contributed by atoms with E-state index in [4.69, 9.17) is 19.2 Å². The summed E-state index contributed by atoms with van der Waals surface area (Å²) in [7, 11) is 2.62. The summed E-state index contributed by atoms with van der Waals surface area (Å²) in [5.41, 5.74) is 3.01. The van der Waals surface area contributed by atoms with Crippen LogP contribution in [0, 0.1) is 11.6 Å². The smallest absolute Gasteiger partial charge is 0.407 e. The standard InChI is InChI=1S/C53H69F2N9O9Si/c1-31(71-3)43(61-52(70)73-5)48(65)53(19-10-20-58-53)47-45(56-30-57-47)38-29-36(17-18-37(38)34-27-39(54)46(40(55)28-34)62-23-25-74(6,7)26-24-62)63-21-8-11-41(63)33-13-15-35(16-14-33)59-49(66)42-12-9-22-64(42)50(67)44(32(2)72-4)60-51(68)69/h13-18,27-32,41-44,58,60H,8-12,19-26H2,1-7H3,(H,56,57)(H,59,66)(H,61,70)(H,68,69)/t31-,32+,41+,42-,43-,44-,53-/m0/s1. The number of benzene rings is 3. The Hall–Kier alpha value is -6.42. The molecule has 4 aliphatic heterocycles. The van der Waals surface area contributed by atoms with Crippen LogP contribution in [0.3, 0.4) is 0 Å². The van der Waals surface area contributed by atoms with E-state index in [9.17, 15) is 29.1 Å². The minimum absolute atomic E-state index is 0.0367. The second-order valence-electron chi connectivity index (χ2n) is 20.7. The van der Waals surface area contributed by atoms with Crippen molar-refractivity contribution in [2.45, 2.75) is 119 Å². The number of alkyl carbamates (subject to hydrolysis) is 1. The first-order valence-corrected chi connectivity index (χ1v) is 28.9. The SMILES string of the molecule is COC(=O)N[C@H](C(=O)[C@@]1(c2[nH]cnc2-c2cc(N3CCC[C@@H]3c3ccc(NC(=O)[C@@H]4CCCN4C(=O)[C@@H](NC(=O)O)[C@@H](C)OC)cc3)ccc2-c2cc(F)c(N3CC[Si](C)(C)CC3)c(F)c2)CCCN1)[C@H](C)OC. The lowest BCUT2D eigenvalue weighted by Crippen LogP contribution is -2.58. The first kappa shape index (κ1) is 53.9. The highest BCUT2D eigenvalue weighted by molar-refractivity contribution is 6.77. The van der Waals surface area contributed by atoms with Gasteiger partial charge < -0.3 is 55.0 Å². The fraction of sp³-hybridized carbons (Fsp3) is 0.509. The van der Waals surface area contributed by atoms with Crippen molar-refractivity contribution in [2.24, 2.45) is 0 Å². The summed E-state index contributed by atoms with van der Waals surface area (Å²) in [4.78, 5) is 80.1. The summed E-state index contributed by atoms with van der Waals surface area (Å²) in [6, 6.07) is 14.6. The van der Waals surface area contributed by atoms with Crippen LogP contribution in [0.15, 0.2) is 60.9 Å². The number of aromatic nitrogens is 2. The van der Waals surface area contributed by atoms with E-state index >= 15 is 8.78 Å². The van der Waals surface area contributed by atoms with Gasteiger partial charge in [-0.1, -0.05) is 31.3 Å². The molecule has 1 aromatic heterocycles. The predicted octanol–water partition coefficient (Wildman–Crippen LogP) is 7.40. The lowest BCUT2D eigenvalue weighted by Gasteiger charge is -2.37. The van der Waals surface area contributed by atoms with Crippen LogP contribution in [0.5, 0.6) is 0 Å². The van der Waals surface area contributed by atoms with E-state index in [0.29, 0.717) is 92.2 Å². The number of nitrogens with one attached hydrogen (secondary N) is 5. The van der Waals surface area contributed by atoms with E-state index in [1.165, 1.54) is 44.7 Å². The number of anilines is 3. The van der Waals surface area contributed by atoms with Crippen molar-refractivity contribution in [3.05, 3.63) is 83.8 Å². The molecule has 3 aromatic carbocycles. The summed E-state index contributed by atoms with van der Waals surface area (Å²) in [6.45, 7) is 10.5. The van der Waals surface area contributed by atoms with E-state index in [1.807, 2.05) is 47.4 Å². The van der Waals surface area contributed by atoms with Gasteiger partial charge in [0, 0.05) is 57.3 Å². The van der Waals surface area contributed by atoms with Crippen LogP contribution in [-0.2, 0) is 34.1 Å². The number of methoxy groups -OCH3 is 3. The number of halogens is 2. The van der Waals surface area contributed by atoms with Gasteiger partial charge in [-0.2, -0.15) is 0 Å². The molecule has 4 aromatic rings. The number of carboxylic acid groups (broad SMARTS) is 1. The molecule has 0 unspecified atom stereocenters. The number of ketones is 1. The number of amides is 4. The number of carbonyl (C=O) groups is 5. The molecule has 0 saturated carbocycles. The van der Waals surface area contributed by atoms with Crippen LogP contribution < -0.4 is 31.1 Å². The van der Waals surface area contributed by atoms with Crippen molar-refractivity contribution in [2.75, 3.05) is 69.2 Å². The molecule has 0 bridgehead atoms. The molecule has 4 amide bonds. The lowest BCUT2D eigenvalue weighted by atomic mass is 9.80. The van der Waals surface area contributed by atoms with Crippen LogP contribution in [0.25, 0.3) is 22.4 Å². The van der Waals surface area contributed by atoms with Gasteiger partial charge in [-0.3, -0.25) is 19.7 Å². The van der Waals surface area contributed by atoms with E-state index in [0.717, 1.165) is 36.2 Å². The average Bonchev–Trinajstić information content (AvgIpc) is 4.25. The molecule has 7 atom stereocenters. The Labute approximate surface area is 431 Å². The van der Waals surface area contributed by atoms with Gasteiger partial charge in [-0.25, -0.2) is 23.4 Å². The van der Waals surface area contributed by atoms with Gasteiger partial charge in [0.25, 0.3) is 0 Å². The average molecular weight is 1040 g/mol. The molecule has 398 valence electrons. The Bertz CT molecular complexity index is 2690. The van der Waals surface area contributed by atoms with Crippen LogP contribution in [0.1, 0.15) is 69.7 Å². The Balaban J connectivity index is 1.13. The van der Waals surface area contributed by atoms with Gasteiger partial charge in [0.1, 0.15) is 41.0 Å². The van der Waals surface area contributed by atoms with Crippen LogP contribution >= 0.6 is 0 Å². The monoisotopic (exact) mass is 1040 g/mol. The highest BCUT2D eigenvalue weighted by Gasteiger charge is 2.50. The summed E-state index contributed by atoms with van der Waals surface area (Å²) in [5.74, 6) is -2.63. The van der Waals surface area contributed by atoms with Crippen molar-refractivity contribution in [3.8, 4) is 22.4 Å². The van der Waals surface area contributed by atoms with Crippen LogP contribution in [0.4, 0.5) is 35.4 Å². The van der Waals surface area contributed by atoms with Gasteiger partial charge in [0.05, 0.1) is 51.1 Å². The quantitative estimate of drug-likeness (QED) is 0.0569. The molecule has 8 rings (SSSR count). The third kappa shape index (κ3) is 11.0. The lowest BCUT2D eigenvalue weighted by molar-refractivity contribution is -0.140. The topological polar surface area (TPSA) is 220 Å². The number of aromatic amines is 1. The van der Waals surface area contributed by atoms with Gasteiger partial charge in [-0.05, 0) is 124 Å². The minimum Gasteiger partial charge on any atom is -0.465 e. The Morgan fingerprint density at radius 2 is 1.51 bits per heavy atom. The largest absolute Gasteiger partial charge is 0.465 e. The fourth-order valence-corrected chi connectivity index (χ4v) is 13.2. The molecule has 4 aliphatic rings. The Kier molecular flexibility index (Phi) is 16.4. The molecule has 0 spiro atoms. The normalized spacial score (nSPS) is 22.2. The number of nitrogens with zero attached hydrogens (tertiary/aromatic N) is 4. The summed E-state index contributed by atoms with van der Waals surface area (Å²) in [6.07, 6.45) is 1.41. The third-order valence-electron chi connectivity index (χ3n) is 15.6.